The molecule has 0 aliphatic heterocycles. The Morgan fingerprint density at radius 1 is 1.05 bits per heavy atom. The van der Waals surface area contributed by atoms with Crippen LogP contribution in [0.25, 0.3) is 0 Å². The fourth-order valence-corrected chi connectivity index (χ4v) is 2.40. The van der Waals surface area contributed by atoms with Crippen molar-refractivity contribution in [2.45, 2.75) is 20.3 Å². The molecule has 2 N–H and O–H groups in total. The lowest BCUT2D eigenvalue weighted by Gasteiger charge is -2.09. The molecule has 1 aromatic carbocycles. The zero-order valence-corrected chi connectivity index (χ0v) is 12.9. The smallest absolute Gasteiger partial charge is 0.229 e. The Kier molecular flexibility index (Phi) is 5.11. The second kappa shape index (κ2) is 7.04. The van der Waals surface area contributed by atoms with Crippen LogP contribution in [0.3, 0.4) is 0 Å². The maximum absolute atomic E-state index is 11.9. The summed E-state index contributed by atoms with van der Waals surface area (Å²) in [4.78, 5) is 24.5. The molecule has 0 radical (unpaired) electrons. The molecule has 110 valence electrons. The molecule has 0 unspecified atom stereocenters. The molecular formula is C16H18N2O2S. The molecule has 0 aliphatic carbocycles. The summed E-state index contributed by atoms with van der Waals surface area (Å²) in [6.07, 6.45) is 0.378. The van der Waals surface area contributed by atoms with Gasteiger partial charge in [-0.15, -0.1) is 11.3 Å². The van der Waals surface area contributed by atoms with Gasteiger partial charge in [-0.2, -0.15) is 0 Å². The first-order chi connectivity index (χ1) is 10.0. The highest BCUT2D eigenvalue weighted by Gasteiger charge is 2.08. The number of rotatable bonds is 5. The Morgan fingerprint density at radius 2 is 1.67 bits per heavy atom. The third kappa shape index (κ3) is 4.72. The molecule has 21 heavy (non-hydrogen) atoms. The van der Waals surface area contributed by atoms with Gasteiger partial charge in [-0.05, 0) is 35.7 Å². The molecule has 0 saturated heterocycles. The maximum atomic E-state index is 11.9. The van der Waals surface area contributed by atoms with E-state index in [-0.39, 0.29) is 17.7 Å². The van der Waals surface area contributed by atoms with E-state index in [1.165, 1.54) is 0 Å². The first-order valence-electron chi connectivity index (χ1n) is 6.78. The Balaban J connectivity index is 1.90. The number of amides is 2. The summed E-state index contributed by atoms with van der Waals surface area (Å²) in [5.41, 5.74) is 1.45. The summed E-state index contributed by atoms with van der Waals surface area (Å²) in [5.74, 6) is -0.129. The molecule has 0 atom stereocenters. The number of hydrogen-bond donors (Lipinski definition) is 2. The average Bonchev–Trinajstić information content (AvgIpc) is 2.93. The number of thiophene rings is 1. The van der Waals surface area contributed by atoms with Gasteiger partial charge in [0.15, 0.2) is 0 Å². The highest BCUT2D eigenvalue weighted by molar-refractivity contribution is 7.10. The van der Waals surface area contributed by atoms with Gasteiger partial charge in [-0.25, -0.2) is 0 Å². The van der Waals surface area contributed by atoms with E-state index in [1.807, 2.05) is 31.4 Å². The van der Waals surface area contributed by atoms with Crippen LogP contribution in [0.15, 0.2) is 41.8 Å². The number of carbonyl (C=O) groups excluding carboxylic acids is 2. The van der Waals surface area contributed by atoms with Gasteiger partial charge in [0, 0.05) is 22.2 Å². The topological polar surface area (TPSA) is 58.2 Å². The van der Waals surface area contributed by atoms with E-state index >= 15 is 0 Å². The Hall–Kier alpha value is -2.14. The monoisotopic (exact) mass is 302 g/mol. The van der Waals surface area contributed by atoms with Crippen molar-refractivity contribution in [2.75, 3.05) is 10.6 Å². The van der Waals surface area contributed by atoms with Crippen LogP contribution in [0.1, 0.15) is 18.7 Å². The third-order valence-corrected chi connectivity index (χ3v) is 3.75. The van der Waals surface area contributed by atoms with Crippen molar-refractivity contribution >= 4 is 34.5 Å². The lowest BCUT2D eigenvalue weighted by Crippen LogP contribution is -2.17. The van der Waals surface area contributed by atoms with Crippen LogP contribution < -0.4 is 10.6 Å². The van der Waals surface area contributed by atoms with Crippen LogP contribution in [0.4, 0.5) is 11.4 Å². The van der Waals surface area contributed by atoms with Crippen molar-refractivity contribution in [1.29, 1.82) is 0 Å². The van der Waals surface area contributed by atoms with E-state index < -0.39 is 0 Å². The second-order valence-electron chi connectivity index (χ2n) is 5.03. The van der Waals surface area contributed by atoms with Crippen LogP contribution in [-0.4, -0.2) is 11.8 Å². The van der Waals surface area contributed by atoms with E-state index in [2.05, 4.69) is 10.6 Å². The van der Waals surface area contributed by atoms with E-state index in [1.54, 1.807) is 35.6 Å². The van der Waals surface area contributed by atoms with Gasteiger partial charge in [-0.3, -0.25) is 9.59 Å². The molecule has 0 aliphatic rings. The van der Waals surface area contributed by atoms with Crippen LogP contribution in [0.5, 0.6) is 0 Å². The fraction of sp³-hybridized carbons (Fsp3) is 0.250. The van der Waals surface area contributed by atoms with Crippen LogP contribution >= 0.6 is 11.3 Å². The zero-order valence-electron chi connectivity index (χ0n) is 12.1. The molecule has 0 saturated carbocycles. The van der Waals surface area contributed by atoms with Crippen molar-refractivity contribution < 1.29 is 9.59 Å². The van der Waals surface area contributed by atoms with Crippen molar-refractivity contribution in [3.8, 4) is 0 Å². The van der Waals surface area contributed by atoms with Gasteiger partial charge >= 0.3 is 0 Å². The molecule has 0 bridgehead atoms. The summed E-state index contributed by atoms with van der Waals surface area (Å²) < 4.78 is 0. The molecule has 0 spiro atoms. The highest BCUT2D eigenvalue weighted by atomic mass is 32.1. The van der Waals surface area contributed by atoms with Crippen molar-refractivity contribution in [3.05, 3.63) is 46.7 Å². The van der Waals surface area contributed by atoms with E-state index in [0.717, 1.165) is 16.3 Å². The average molecular weight is 302 g/mol. The molecular weight excluding hydrogens is 284 g/mol. The Bertz CT molecular complexity index is 604. The van der Waals surface area contributed by atoms with Crippen LogP contribution in [0.2, 0.25) is 0 Å². The van der Waals surface area contributed by atoms with Gasteiger partial charge < -0.3 is 10.6 Å². The van der Waals surface area contributed by atoms with Crippen LogP contribution in [-0.2, 0) is 16.0 Å². The molecule has 2 amide bonds. The zero-order chi connectivity index (χ0) is 15.2. The summed E-state index contributed by atoms with van der Waals surface area (Å²) in [6, 6.07) is 11.0. The molecule has 0 fully saturated rings. The molecule has 1 aromatic heterocycles. The van der Waals surface area contributed by atoms with Crippen molar-refractivity contribution in [3.63, 3.8) is 0 Å². The van der Waals surface area contributed by atoms with Crippen molar-refractivity contribution in [1.82, 2.24) is 0 Å². The summed E-state index contributed by atoms with van der Waals surface area (Å²) >= 11 is 1.57. The normalized spacial score (nSPS) is 10.4. The number of carbonyl (C=O) groups is 2. The minimum atomic E-state index is -0.0600. The summed E-state index contributed by atoms with van der Waals surface area (Å²) in [5, 5.41) is 7.60. The molecule has 5 heteroatoms. The third-order valence-electron chi connectivity index (χ3n) is 2.88. The fourth-order valence-electron chi connectivity index (χ4n) is 1.70. The minimum Gasteiger partial charge on any atom is -0.326 e. The lowest BCUT2D eigenvalue weighted by atomic mass is 10.2. The molecule has 2 aromatic rings. The summed E-state index contributed by atoms with van der Waals surface area (Å²) in [6.45, 7) is 3.68. The van der Waals surface area contributed by atoms with Crippen molar-refractivity contribution in [2.24, 2.45) is 5.92 Å². The van der Waals surface area contributed by atoms with Crippen LogP contribution in [0, 0.1) is 5.92 Å². The first kappa shape index (κ1) is 15.3. The Labute approximate surface area is 128 Å². The van der Waals surface area contributed by atoms with Gasteiger partial charge in [0.1, 0.15) is 0 Å². The van der Waals surface area contributed by atoms with Gasteiger partial charge in [0.25, 0.3) is 0 Å². The minimum absolute atomic E-state index is 0.0236. The SMILES string of the molecule is CC(C)C(=O)Nc1ccc(NC(=O)Cc2cccs2)cc1. The van der Waals surface area contributed by atoms with E-state index in [4.69, 9.17) is 0 Å². The second-order valence-corrected chi connectivity index (χ2v) is 6.06. The van der Waals surface area contributed by atoms with Gasteiger partial charge in [-0.1, -0.05) is 19.9 Å². The number of anilines is 2. The quantitative estimate of drug-likeness (QED) is 0.887. The van der Waals surface area contributed by atoms with E-state index in [0.29, 0.717) is 6.42 Å². The van der Waals surface area contributed by atoms with E-state index in [9.17, 15) is 9.59 Å². The molecule has 4 nitrogen and oxygen atoms in total. The predicted octanol–water partition coefficient (Wildman–Crippen LogP) is 3.52. The largest absolute Gasteiger partial charge is 0.326 e. The number of nitrogens with one attached hydrogen (secondary N) is 2. The summed E-state index contributed by atoms with van der Waals surface area (Å²) in [7, 11) is 0. The van der Waals surface area contributed by atoms with Gasteiger partial charge in [0.2, 0.25) is 11.8 Å². The predicted molar refractivity (Wildman–Crippen MR) is 86.6 cm³/mol. The standard InChI is InChI=1S/C16H18N2O2S/c1-11(2)16(20)18-13-7-5-12(6-8-13)17-15(19)10-14-4-3-9-21-14/h3-9,11H,10H2,1-2H3,(H,17,19)(H,18,20). The Morgan fingerprint density at radius 3 is 2.19 bits per heavy atom. The molecule has 2 rings (SSSR count). The maximum Gasteiger partial charge on any atom is 0.229 e. The molecule has 1 heterocycles. The number of benzene rings is 1. The number of hydrogen-bond acceptors (Lipinski definition) is 3. The highest BCUT2D eigenvalue weighted by Crippen LogP contribution is 2.15. The van der Waals surface area contributed by atoms with Gasteiger partial charge in [0.05, 0.1) is 6.42 Å². The first-order valence-corrected chi connectivity index (χ1v) is 7.65. The lowest BCUT2D eigenvalue weighted by molar-refractivity contribution is -0.119.